The monoisotopic (exact) mass is 485 g/mol. The summed E-state index contributed by atoms with van der Waals surface area (Å²) in [6.45, 7) is 6.20. The smallest absolute Gasteiger partial charge is 0.406 e. The highest BCUT2D eigenvalue weighted by Gasteiger charge is 2.31. The Kier molecular flexibility index (Phi) is 9.58. The van der Waals surface area contributed by atoms with Crippen LogP contribution < -0.4 is 10.1 Å². The molecule has 0 spiro atoms. The van der Waals surface area contributed by atoms with Crippen LogP contribution in [0.1, 0.15) is 25.0 Å². The van der Waals surface area contributed by atoms with Crippen LogP contribution in [0, 0.1) is 24.2 Å². The molecule has 1 unspecified atom stereocenters. The average molecular weight is 486 g/mol. The van der Waals surface area contributed by atoms with E-state index in [2.05, 4.69) is 20.1 Å². The van der Waals surface area contributed by atoms with Crippen LogP contribution in [0.5, 0.6) is 5.75 Å². The van der Waals surface area contributed by atoms with Gasteiger partial charge in [0.05, 0.1) is 17.8 Å². The molecule has 0 saturated heterocycles. The molecule has 0 saturated carbocycles. The van der Waals surface area contributed by atoms with Gasteiger partial charge in [-0.25, -0.2) is 9.80 Å². The first-order valence-corrected chi connectivity index (χ1v) is 10.6. The van der Waals surface area contributed by atoms with Gasteiger partial charge < -0.3 is 10.1 Å². The van der Waals surface area contributed by atoms with Crippen LogP contribution in [-0.4, -0.2) is 42.9 Å². The summed E-state index contributed by atoms with van der Waals surface area (Å²) in [6, 6.07) is 14.4. The molecule has 2 aromatic rings. The molecular weight excluding hydrogens is 459 g/mol. The van der Waals surface area contributed by atoms with Gasteiger partial charge in [0.15, 0.2) is 0 Å². The quantitative estimate of drug-likeness (QED) is 0.429. The minimum absolute atomic E-state index is 0.0704. The number of benzene rings is 2. The fourth-order valence-electron chi connectivity index (χ4n) is 3.05. The van der Waals surface area contributed by atoms with Gasteiger partial charge in [-0.3, -0.25) is 4.99 Å². The first kappa shape index (κ1) is 27.1. The molecule has 1 atom stereocenters. The van der Waals surface area contributed by atoms with Crippen LogP contribution >= 0.6 is 0 Å². The summed E-state index contributed by atoms with van der Waals surface area (Å²) in [4.78, 5) is 16.1. The van der Waals surface area contributed by atoms with Crippen LogP contribution in [0.4, 0.5) is 23.7 Å². The van der Waals surface area contributed by atoms with Gasteiger partial charge >= 0.3 is 12.4 Å². The lowest BCUT2D eigenvalue weighted by Crippen LogP contribution is -2.30. The van der Waals surface area contributed by atoms with Crippen LogP contribution in [-0.2, 0) is 0 Å². The minimum Gasteiger partial charge on any atom is -0.406 e. The number of allylic oxidation sites excluding steroid dienone is 2. The molecule has 0 fully saturated rings. The normalized spacial score (nSPS) is 15.7. The van der Waals surface area contributed by atoms with E-state index >= 15 is 0 Å². The summed E-state index contributed by atoms with van der Waals surface area (Å²) in [5, 5.41) is 16.6. The van der Waals surface area contributed by atoms with E-state index in [9.17, 15) is 18.0 Å². The number of nitrogens with zero attached hydrogens (tertiary/aromatic N) is 4. The summed E-state index contributed by atoms with van der Waals surface area (Å²) in [6.07, 6.45) is -1.51. The summed E-state index contributed by atoms with van der Waals surface area (Å²) in [7, 11) is 1.64. The number of rotatable bonds is 4. The molecule has 2 amide bonds. The zero-order valence-corrected chi connectivity index (χ0v) is 19.8. The van der Waals surface area contributed by atoms with Crippen molar-refractivity contribution in [3.63, 3.8) is 0 Å². The predicted molar refractivity (Wildman–Crippen MR) is 130 cm³/mol. The summed E-state index contributed by atoms with van der Waals surface area (Å²) < 4.78 is 40.3. The number of hydrazone groups is 1. The van der Waals surface area contributed by atoms with Crippen LogP contribution in [0.2, 0.25) is 0 Å². The molecule has 2 aromatic carbocycles. The second-order valence-corrected chi connectivity index (χ2v) is 7.58. The second-order valence-electron chi connectivity index (χ2n) is 7.58. The zero-order chi connectivity index (χ0) is 26.0. The molecule has 1 aliphatic rings. The van der Waals surface area contributed by atoms with Gasteiger partial charge in [-0.1, -0.05) is 42.8 Å². The molecule has 0 aliphatic carbocycles. The third kappa shape index (κ3) is 8.62. The Morgan fingerprint density at radius 3 is 2.34 bits per heavy atom. The number of aliphatic imine (C=N–C) groups is 1. The van der Waals surface area contributed by atoms with Crippen LogP contribution in [0.25, 0.3) is 0 Å². The largest absolute Gasteiger partial charge is 0.573 e. The molecule has 35 heavy (non-hydrogen) atoms. The molecule has 0 radical (unpaired) electrons. The van der Waals surface area contributed by atoms with Crippen molar-refractivity contribution in [3.05, 3.63) is 71.3 Å². The lowest BCUT2D eigenvalue weighted by molar-refractivity contribution is -0.274. The van der Waals surface area contributed by atoms with Crippen molar-refractivity contribution < 1.29 is 22.7 Å². The lowest BCUT2D eigenvalue weighted by atomic mass is 9.99. The summed E-state index contributed by atoms with van der Waals surface area (Å²) in [5.74, 6) is -0.281. The molecule has 3 rings (SSSR count). The molecule has 184 valence electrons. The molecule has 0 bridgehead atoms. The van der Waals surface area contributed by atoms with Crippen molar-refractivity contribution >= 4 is 23.6 Å². The first-order chi connectivity index (χ1) is 16.6. The first-order valence-electron chi connectivity index (χ1n) is 10.6. The van der Waals surface area contributed by atoms with Gasteiger partial charge in [-0.2, -0.15) is 10.4 Å². The van der Waals surface area contributed by atoms with Gasteiger partial charge in [-0.05, 0) is 43.7 Å². The van der Waals surface area contributed by atoms with Crippen molar-refractivity contribution in [2.45, 2.75) is 27.1 Å². The van der Waals surface area contributed by atoms with E-state index in [0.29, 0.717) is 17.8 Å². The van der Waals surface area contributed by atoms with E-state index in [1.165, 1.54) is 23.4 Å². The predicted octanol–water partition coefficient (Wildman–Crippen LogP) is 5.94. The fourth-order valence-corrected chi connectivity index (χ4v) is 3.05. The molecule has 0 aromatic heterocycles. The Morgan fingerprint density at radius 1 is 1.23 bits per heavy atom. The van der Waals surface area contributed by atoms with E-state index in [4.69, 9.17) is 5.26 Å². The van der Waals surface area contributed by atoms with Gasteiger partial charge in [-0.15, -0.1) is 13.2 Å². The van der Waals surface area contributed by atoms with Crippen molar-refractivity contribution in [1.29, 1.82) is 5.26 Å². The third-order valence-corrected chi connectivity index (χ3v) is 4.77. The third-order valence-electron chi connectivity index (χ3n) is 4.77. The Hall–Kier alpha value is -4.13. The van der Waals surface area contributed by atoms with Crippen LogP contribution in [0.3, 0.4) is 0 Å². The zero-order valence-electron chi connectivity index (χ0n) is 19.8. The molecular formula is C25H26F3N5O2. The number of carbonyl (C=O) groups is 1. The topological polar surface area (TPSA) is 90.1 Å². The Morgan fingerprint density at radius 2 is 1.86 bits per heavy atom. The average Bonchev–Trinajstić information content (AvgIpc) is 3.20. The number of anilines is 1. The fraction of sp³-hybridized carbons (Fsp3) is 0.280. The number of hydrogen-bond acceptors (Lipinski definition) is 5. The number of hydrogen-bond donors (Lipinski definition) is 1. The van der Waals surface area contributed by atoms with Crippen molar-refractivity contribution in [1.82, 2.24) is 5.01 Å². The molecule has 10 heteroatoms. The van der Waals surface area contributed by atoms with E-state index < -0.39 is 12.4 Å². The maximum atomic E-state index is 12.4. The highest BCUT2D eigenvalue weighted by Crippen LogP contribution is 2.25. The van der Waals surface area contributed by atoms with E-state index in [1.807, 2.05) is 44.2 Å². The number of ether oxygens (including phenoxy) is 1. The van der Waals surface area contributed by atoms with Crippen molar-refractivity contribution in [2.24, 2.45) is 16.0 Å². The summed E-state index contributed by atoms with van der Waals surface area (Å²) in [5.41, 5.74) is 3.86. The van der Waals surface area contributed by atoms with E-state index in [-0.39, 0.29) is 11.7 Å². The number of aryl methyl sites for hydroxylation is 1. The number of halogens is 3. The van der Waals surface area contributed by atoms with E-state index in [1.54, 1.807) is 20.0 Å². The number of urea groups is 1. The van der Waals surface area contributed by atoms with Gasteiger partial charge in [0.2, 0.25) is 0 Å². The van der Waals surface area contributed by atoms with Gasteiger partial charge in [0.25, 0.3) is 0 Å². The SMILES string of the molecule is C/C=C(/C#N)C=NC.Cc1ccc(C2=NN(C(=O)Nc3ccc(OC(F)(F)F)cc3)CC2C)cc1. The van der Waals surface area contributed by atoms with Crippen LogP contribution in [0.15, 0.2) is 70.3 Å². The second kappa shape index (κ2) is 12.4. The number of nitrogens with one attached hydrogen (secondary N) is 1. The number of amides is 2. The Labute approximate surface area is 202 Å². The molecule has 1 heterocycles. The Bertz CT molecular complexity index is 1130. The lowest BCUT2D eigenvalue weighted by Gasteiger charge is -2.14. The highest BCUT2D eigenvalue weighted by molar-refractivity contribution is 6.04. The highest BCUT2D eigenvalue weighted by atomic mass is 19.4. The molecule has 7 nitrogen and oxygen atoms in total. The Balaban J connectivity index is 0.000000466. The number of alkyl halides is 3. The molecule has 1 N–H and O–H groups in total. The molecule has 1 aliphatic heterocycles. The summed E-state index contributed by atoms with van der Waals surface area (Å²) >= 11 is 0. The maximum Gasteiger partial charge on any atom is 0.573 e. The minimum atomic E-state index is -4.75. The standard InChI is InChI=1S/C19H18F3N3O2.C6H8N2/c1-12-3-5-14(6-4-12)17-13(2)11-25(24-17)18(26)23-15-7-9-16(10-8-15)27-19(20,21)22;1-3-6(4-7)5-8-2/h3-10,13H,11H2,1-2H3,(H,23,26);3,5H,1-2H3/b;6-3-,8-5?. The van der Waals surface area contributed by atoms with Gasteiger partial charge in [0.1, 0.15) is 11.8 Å². The number of nitriles is 1. The van der Waals surface area contributed by atoms with E-state index in [0.717, 1.165) is 29.0 Å². The van der Waals surface area contributed by atoms with Crippen molar-refractivity contribution in [3.8, 4) is 11.8 Å². The number of carbonyl (C=O) groups excluding carboxylic acids is 1. The maximum absolute atomic E-state index is 12.4. The van der Waals surface area contributed by atoms with Gasteiger partial charge in [0, 0.05) is 24.9 Å². The van der Waals surface area contributed by atoms with Crippen molar-refractivity contribution in [2.75, 3.05) is 18.9 Å².